The average Bonchev–Trinajstić information content (AvgIpc) is 3.88. The Hall–Kier alpha value is -5.37. The van der Waals surface area contributed by atoms with Crippen LogP contribution >= 0.6 is 0 Å². The van der Waals surface area contributed by atoms with E-state index in [2.05, 4.69) is 13.1 Å². The molecule has 0 bridgehead atoms. The van der Waals surface area contributed by atoms with Crippen molar-refractivity contribution in [2.24, 2.45) is 5.92 Å². The maximum absolute atomic E-state index is 15.3. The van der Waals surface area contributed by atoms with Crippen LogP contribution in [-0.2, 0) is 37.7 Å². The average molecular weight is 789 g/mol. The number of amides is 3. The number of aliphatic hydroxyl groups excluding tert-OH is 1. The maximum atomic E-state index is 15.3. The lowest BCUT2D eigenvalue weighted by Crippen LogP contribution is -2.52. The lowest BCUT2D eigenvalue weighted by Gasteiger charge is -2.37. The summed E-state index contributed by atoms with van der Waals surface area (Å²) in [5.41, 5.74) is 2.44. The molecule has 4 aliphatic rings. The standard InChI is InChI=1S/C44H48N4O8Si/c1-28-42(57(3,4)35-19-17-34(55-2)18-20-35)39(25-41(51)45-23-7-9-33(45)27-49)56-44(28)36-24-32(48(53)54)16-21-38(36)46(43(44)52)26-29-11-14-31(15-12-29)47-37-10-6-5-8-30(37)13-22-40(47)50/h5-6,8,10-12,14-21,24,28,33,39,42,49H,7,9,13,22-23,25-27H2,1-4H3/t28-,33+,39+,42-,44+/m1/s1. The van der Waals surface area contributed by atoms with Gasteiger partial charge in [-0.1, -0.05) is 67.7 Å². The van der Waals surface area contributed by atoms with Gasteiger partial charge in [0.15, 0.2) is 5.60 Å². The highest BCUT2D eigenvalue weighted by molar-refractivity contribution is 6.91. The Labute approximate surface area is 333 Å². The molecule has 4 aromatic carbocycles. The first-order valence-corrected chi connectivity index (χ1v) is 22.8. The monoisotopic (exact) mass is 788 g/mol. The van der Waals surface area contributed by atoms with Gasteiger partial charge < -0.3 is 24.4 Å². The smallest absolute Gasteiger partial charge is 0.269 e. The summed E-state index contributed by atoms with van der Waals surface area (Å²) in [5, 5.41) is 23.4. The SMILES string of the molecule is COc1ccc([Si](C)(C)[C@H]2[C@H](CC(=O)N3CCC[C@H]3CO)O[C@@]3(C(=O)N(Cc4ccc(N5C(=O)CCc6ccccc65)cc4)c4ccc([N+](=O)[O-])cc43)[C@@H]2C)cc1. The van der Waals surface area contributed by atoms with Gasteiger partial charge in [-0.25, -0.2) is 0 Å². The molecule has 1 N–H and O–H groups in total. The minimum absolute atomic E-state index is 0.0111. The zero-order chi connectivity index (χ0) is 40.2. The maximum Gasteiger partial charge on any atom is 0.269 e. The van der Waals surface area contributed by atoms with Crippen molar-refractivity contribution in [1.29, 1.82) is 0 Å². The van der Waals surface area contributed by atoms with E-state index in [1.54, 1.807) is 27.9 Å². The number of aryl methyl sites for hydroxylation is 1. The molecule has 12 nitrogen and oxygen atoms in total. The third kappa shape index (κ3) is 6.41. The van der Waals surface area contributed by atoms with E-state index in [1.807, 2.05) is 79.7 Å². The molecule has 57 heavy (non-hydrogen) atoms. The molecule has 0 radical (unpaired) electrons. The van der Waals surface area contributed by atoms with Gasteiger partial charge in [-0.05, 0) is 72.3 Å². The van der Waals surface area contributed by atoms with E-state index in [9.17, 15) is 24.8 Å². The van der Waals surface area contributed by atoms with Gasteiger partial charge in [-0.15, -0.1) is 0 Å². The Kier molecular flexibility index (Phi) is 10.0. The Morgan fingerprint density at radius 2 is 1.74 bits per heavy atom. The number of ether oxygens (including phenoxy) is 2. The van der Waals surface area contributed by atoms with Gasteiger partial charge in [0.25, 0.3) is 11.6 Å². The van der Waals surface area contributed by atoms with Gasteiger partial charge in [0, 0.05) is 42.3 Å². The van der Waals surface area contributed by atoms with E-state index >= 15 is 4.79 Å². The number of aliphatic hydroxyl groups is 1. The van der Waals surface area contributed by atoms with Crippen molar-refractivity contribution in [1.82, 2.24) is 4.90 Å². The fourth-order valence-corrected chi connectivity index (χ4v) is 14.1. The number of nitro groups is 1. The summed E-state index contributed by atoms with van der Waals surface area (Å²) < 4.78 is 12.6. The Bertz CT molecular complexity index is 2230. The van der Waals surface area contributed by atoms with Crippen LogP contribution in [0.25, 0.3) is 0 Å². The molecule has 4 aliphatic heterocycles. The third-order valence-corrected chi connectivity index (χ3v) is 17.3. The molecule has 3 amide bonds. The van der Waals surface area contributed by atoms with Crippen LogP contribution in [0.1, 0.15) is 49.3 Å². The highest BCUT2D eigenvalue weighted by Gasteiger charge is 2.67. The summed E-state index contributed by atoms with van der Waals surface area (Å²) >= 11 is 0. The molecular weight excluding hydrogens is 741 g/mol. The van der Waals surface area contributed by atoms with E-state index in [0.29, 0.717) is 30.6 Å². The normalized spacial score (nSPS) is 24.3. The summed E-state index contributed by atoms with van der Waals surface area (Å²) in [7, 11) is -0.991. The van der Waals surface area contributed by atoms with Crippen molar-refractivity contribution in [2.45, 2.75) is 82.0 Å². The van der Waals surface area contributed by atoms with E-state index in [-0.39, 0.29) is 54.6 Å². The summed E-state index contributed by atoms with van der Waals surface area (Å²) in [6, 6.07) is 27.6. The molecule has 13 heteroatoms. The van der Waals surface area contributed by atoms with E-state index in [4.69, 9.17) is 9.47 Å². The van der Waals surface area contributed by atoms with Crippen LogP contribution in [0, 0.1) is 16.0 Å². The Morgan fingerprint density at radius 3 is 2.44 bits per heavy atom. The predicted octanol–water partition coefficient (Wildman–Crippen LogP) is 6.35. The van der Waals surface area contributed by atoms with Crippen LogP contribution in [0.15, 0.2) is 91.0 Å². The van der Waals surface area contributed by atoms with Crippen molar-refractivity contribution in [3.05, 3.63) is 118 Å². The summed E-state index contributed by atoms with van der Waals surface area (Å²) in [5.74, 6) is -0.210. The molecule has 5 atom stereocenters. The first kappa shape index (κ1) is 38.5. The second-order valence-electron chi connectivity index (χ2n) is 16.3. The summed E-state index contributed by atoms with van der Waals surface area (Å²) in [4.78, 5) is 59.5. The van der Waals surface area contributed by atoms with Crippen LogP contribution in [0.5, 0.6) is 5.75 Å². The van der Waals surface area contributed by atoms with Gasteiger partial charge in [-0.3, -0.25) is 29.4 Å². The fraction of sp³-hybridized carbons (Fsp3) is 0.386. The highest BCUT2D eigenvalue weighted by atomic mass is 28.3. The minimum Gasteiger partial charge on any atom is -0.497 e. The molecule has 0 aromatic heterocycles. The number of hydrogen-bond acceptors (Lipinski definition) is 8. The van der Waals surface area contributed by atoms with Gasteiger partial charge in [0.05, 0.1) is 63.2 Å². The van der Waals surface area contributed by atoms with E-state index in [1.165, 1.54) is 12.1 Å². The molecule has 1 spiro atoms. The fourth-order valence-electron chi connectivity index (χ4n) is 10.1. The number of nitrogens with zero attached hydrogens (tertiary/aromatic N) is 4. The van der Waals surface area contributed by atoms with Crippen LogP contribution in [-0.4, -0.2) is 73.1 Å². The van der Waals surface area contributed by atoms with Crippen molar-refractivity contribution in [3.8, 4) is 5.75 Å². The topological polar surface area (TPSA) is 143 Å². The number of likely N-dealkylation sites (tertiary alicyclic amines) is 1. The second kappa shape index (κ2) is 14.9. The number of nitro benzene ring substituents is 1. The number of methoxy groups -OCH3 is 1. The van der Waals surface area contributed by atoms with Crippen LogP contribution in [0.4, 0.5) is 22.7 Å². The van der Waals surface area contributed by atoms with Crippen LogP contribution in [0.3, 0.4) is 0 Å². The van der Waals surface area contributed by atoms with Crippen molar-refractivity contribution >= 4 is 53.7 Å². The number of carbonyl (C=O) groups is 3. The molecule has 0 saturated carbocycles. The molecule has 4 aromatic rings. The zero-order valence-electron chi connectivity index (χ0n) is 32.7. The number of carbonyl (C=O) groups excluding carboxylic acids is 3. The van der Waals surface area contributed by atoms with E-state index in [0.717, 1.165) is 46.3 Å². The quantitative estimate of drug-likeness (QED) is 0.111. The third-order valence-electron chi connectivity index (χ3n) is 12.9. The van der Waals surface area contributed by atoms with Gasteiger partial charge in [-0.2, -0.15) is 0 Å². The number of para-hydroxylation sites is 1. The molecule has 0 aliphatic carbocycles. The van der Waals surface area contributed by atoms with Gasteiger partial charge >= 0.3 is 0 Å². The Morgan fingerprint density at radius 1 is 1.00 bits per heavy atom. The summed E-state index contributed by atoms with van der Waals surface area (Å²) in [6.07, 6.45) is 1.95. The number of anilines is 3. The molecule has 0 unspecified atom stereocenters. The second-order valence-corrected chi connectivity index (χ2v) is 21.0. The molecule has 2 fully saturated rings. The minimum atomic E-state index is -2.61. The molecule has 4 heterocycles. The molecular formula is C44H48N4O8Si. The molecule has 8 rings (SSSR count). The van der Waals surface area contributed by atoms with Gasteiger partial charge in [0.1, 0.15) is 5.75 Å². The van der Waals surface area contributed by atoms with Crippen molar-refractivity contribution in [3.63, 3.8) is 0 Å². The lowest BCUT2D eigenvalue weighted by atomic mass is 9.82. The van der Waals surface area contributed by atoms with Crippen molar-refractivity contribution in [2.75, 3.05) is 30.1 Å². The van der Waals surface area contributed by atoms with E-state index < -0.39 is 30.6 Å². The molecule has 2 saturated heterocycles. The number of hydrogen-bond donors (Lipinski definition) is 1. The van der Waals surface area contributed by atoms with Crippen molar-refractivity contribution < 1.29 is 33.9 Å². The number of non-ortho nitro benzene ring substituents is 1. The first-order chi connectivity index (χ1) is 27.4. The predicted molar refractivity (Wildman–Crippen MR) is 219 cm³/mol. The number of rotatable bonds is 10. The number of benzene rings is 4. The lowest BCUT2D eigenvalue weighted by molar-refractivity contribution is -0.385. The Balaban J connectivity index is 1.18. The largest absolute Gasteiger partial charge is 0.497 e. The first-order valence-electron chi connectivity index (χ1n) is 19.7. The number of fused-ring (bicyclic) bond motifs is 3. The van der Waals surface area contributed by atoms with Crippen LogP contribution < -0.4 is 19.7 Å². The van der Waals surface area contributed by atoms with Gasteiger partial charge in [0.2, 0.25) is 11.8 Å². The molecule has 296 valence electrons. The zero-order valence-corrected chi connectivity index (χ0v) is 33.7. The highest BCUT2D eigenvalue weighted by Crippen LogP contribution is 2.60. The van der Waals surface area contributed by atoms with Crippen LogP contribution in [0.2, 0.25) is 18.6 Å². The summed E-state index contributed by atoms with van der Waals surface area (Å²) in [6.45, 7) is 7.01.